The number of phenols is 1. The Balaban J connectivity index is 2.43. The van der Waals surface area contributed by atoms with E-state index in [1.165, 1.54) is 12.1 Å². The number of phenolic OH excluding ortho intramolecular Hbond substituents is 1. The minimum Gasteiger partial charge on any atom is -0.508 e. The number of esters is 1. The zero-order valence-corrected chi connectivity index (χ0v) is 7.96. The highest BCUT2D eigenvalue weighted by Gasteiger charge is 2.14. The Bertz CT molecular complexity index is 319. The molecule has 0 saturated carbocycles. The van der Waals surface area contributed by atoms with Crippen LogP contribution in [0.3, 0.4) is 0 Å². The van der Waals surface area contributed by atoms with Crippen LogP contribution in [0.25, 0.3) is 0 Å². The first-order valence-electron chi connectivity index (χ1n) is 4.37. The molecule has 0 amide bonds. The number of aliphatic hydroxyl groups is 2. The van der Waals surface area contributed by atoms with Crippen molar-refractivity contribution in [3.63, 3.8) is 0 Å². The van der Waals surface area contributed by atoms with Gasteiger partial charge in [-0.2, -0.15) is 0 Å². The third-order valence-electron chi connectivity index (χ3n) is 1.76. The lowest BCUT2D eigenvalue weighted by molar-refractivity contribution is -0.156. The van der Waals surface area contributed by atoms with Gasteiger partial charge in [0.2, 0.25) is 0 Å². The lowest BCUT2D eigenvalue weighted by Gasteiger charge is -2.07. The molecule has 1 unspecified atom stereocenters. The van der Waals surface area contributed by atoms with Crippen molar-refractivity contribution in [3.8, 4) is 5.75 Å². The summed E-state index contributed by atoms with van der Waals surface area (Å²) in [6, 6.07) is 6.11. The fourth-order valence-electron chi connectivity index (χ4n) is 0.917. The maximum absolute atomic E-state index is 10.9. The maximum Gasteiger partial charge on any atom is 0.337 e. The number of hydrogen-bond donors (Lipinski definition) is 3. The molecular formula is C10H12O5. The molecular weight excluding hydrogens is 200 g/mol. The molecule has 3 N–H and O–H groups in total. The maximum atomic E-state index is 10.9. The average Bonchev–Trinajstić information content (AvgIpc) is 2.26. The van der Waals surface area contributed by atoms with E-state index in [1.54, 1.807) is 12.1 Å². The van der Waals surface area contributed by atoms with E-state index in [0.29, 0.717) is 5.56 Å². The lowest BCUT2D eigenvalue weighted by atomic mass is 10.2. The molecule has 0 radical (unpaired) electrons. The number of aromatic hydroxyl groups is 1. The predicted molar refractivity (Wildman–Crippen MR) is 51.0 cm³/mol. The third kappa shape index (κ3) is 3.57. The fraction of sp³-hybridized carbons (Fsp3) is 0.300. The molecule has 0 fully saturated rings. The fourth-order valence-corrected chi connectivity index (χ4v) is 0.917. The van der Waals surface area contributed by atoms with Gasteiger partial charge in [0.05, 0.1) is 6.61 Å². The summed E-state index contributed by atoms with van der Waals surface area (Å²) in [7, 11) is 0. The first-order valence-corrected chi connectivity index (χ1v) is 4.37. The van der Waals surface area contributed by atoms with E-state index in [4.69, 9.17) is 20.1 Å². The van der Waals surface area contributed by atoms with Crippen LogP contribution in [0.5, 0.6) is 5.75 Å². The van der Waals surface area contributed by atoms with Crippen LogP contribution in [0.1, 0.15) is 5.56 Å². The predicted octanol–water partition coefficient (Wildman–Crippen LogP) is -0.211. The second-order valence-corrected chi connectivity index (χ2v) is 2.97. The van der Waals surface area contributed by atoms with Crippen LogP contribution >= 0.6 is 0 Å². The van der Waals surface area contributed by atoms with Crippen LogP contribution in [0.2, 0.25) is 0 Å². The number of carbonyl (C=O) groups excluding carboxylic acids is 1. The zero-order chi connectivity index (χ0) is 11.3. The van der Waals surface area contributed by atoms with Crippen molar-refractivity contribution in [2.75, 3.05) is 6.61 Å². The van der Waals surface area contributed by atoms with E-state index in [9.17, 15) is 4.79 Å². The molecule has 82 valence electrons. The Morgan fingerprint density at radius 2 is 1.93 bits per heavy atom. The molecule has 0 spiro atoms. The molecule has 0 bridgehead atoms. The molecule has 0 aromatic heterocycles. The molecule has 0 aliphatic heterocycles. The van der Waals surface area contributed by atoms with Gasteiger partial charge in [-0.3, -0.25) is 0 Å². The summed E-state index contributed by atoms with van der Waals surface area (Å²) in [6.07, 6.45) is -1.50. The SMILES string of the molecule is O=C(OCc1ccc(O)cc1)C(O)CO. The van der Waals surface area contributed by atoms with Gasteiger partial charge in [0.1, 0.15) is 12.4 Å². The normalized spacial score (nSPS) is 12.1. The van der Waals surface area contributed by atoms with Gasteiger partial charge in [-0.15, -0.1) is 0 Å². The summed E-state index contributed by atoms with van der Waals surface area (Å²) in [4.78, 5) is 10.9. The highest BCUT2D eigenvalue weighted by molar-refractivity contribution is 5.74. The highest BCUT2D eigenvalue weighted by atomic mass is 16.5. The van der Waals surface area contributed by atoms with E-state index in [0.717, 1.165) is 0 Å². The van der Waals surface area contributed by atoms with Crippen LogP contribution in [-0.4, -0.2) is 34.0 Å². The molecule has 1 rings (SSSR count). The van der Waals surface area contributed by atoms with Crippen molar-refractivity contribution in [2.24, 2.45) is 0 Å². The highest BCUT2D eigenvalue weighted by Crippen LogP contribution is 2.10. The number of benzene rings is 1. The first-order chi connectivity index (χ1) is 7.13. The Hall–Kier alpha value is -1.59. The quantitative estimate of drug-likeness (QED) is 0.601. The third-order valence-corrected chi connectivity index (χ3v) is 1.76. The molecule has 0 aliphatic carbocycles. The molecule has 0 saturated heterocycles. The standard InChI is InChI=1S/C10H12O5/c11-5-9(13)10(14)15-6-7-1-3-8(12)4-2-7/h1-4,9,11-13H,5-6H2. The monoisotopic (exact) mass is 212 g/mol. The van der Waals surface area contributed by atoms with Crippen molar-refractivity contribution in [3.05, 3.63) is 29.8 Å². The number of carbonyl (C=O) groups is 1. The lowest BCUT2D eigenvalue weighted by Crippen LogP contribution is -2.26. The van der Waals surface area contributed by atoms with E-state index in [1.807, 2.05) is 0 Å². The smallest absolute Gasteiger partial charge is 0.337 e. The largest absolute Gasteiger partial charge is 0.508 e. The Morgan fingerprint density at radius 1 is 1.33 bits per heavy atom. The zero-order valence-electron chi connectivity index (χ0n) is 7.96. The Kier molecular flexibility index (Phi) is 4.08. The first kappa shape index (κ1) is 11.5. The van der Waals surface area contributed by atoms with Gasteiger partial charge in [-0.1, -0.05) is 12.1 Å². The van der Waals surface area contributed by atoms with Gasteiger partial charge >= 0.3 is 5.97 Å². The van der Waals surface area contributed by atoms with Crippen molar-refractivity contribution in [2.45, 2.75) is 12.7 Å². The van der Waals surface area contributed by atoms with Crippen LogP contribution in [0.4, 0.5) is 0 Å². The number of rotatable bonds is 4. The molecule has 0 heterocycles. The number of ether oxygens (including phenoxy) is 1. The summed E-state index contributed by atoms with van der Waals surface area (Å²) in [5.74, 6) is -0.744. The number of aliphatic hydroxyl groups excluding tert-OH is 2. The van der Waals surface area contributed by atoms with E-state index >= 15 is 0 Å². The van der Waals surface area contributed by atoms with Gasteiger partial charge in [0.15, 0.2) is 6.10 Å². The second-order valence-electron chi connectivity index (χ2n) is 2.97. The summed E-state index contributed by atoms with van der Waals surface area (Å²) >= 11 is 0. The summed E-state index contributed by atoms with van der Waals surface area (Å²) in [5, 5.41) is 26.3. The van der Waals surface area contributed by atoms with Crippen molar-refractivity contribution >= 4 is 5.97 Å². The van der Waals surface area contributed by atoms with E-state index in [2.05, 4.69) is 0 Å². The van der Waals surface area contributed by atoms with Gasteiger partial charge in [0, 0.05) is 0 Å². The minimum atomic E-state index is -1.50. The minimum absolute atomic E-state index is 0.00380. The summed E-state index contributed by atoms with van der Waals surface area (Å²) in [6.45, 7) is -0.662. The van der Waals surface area contributed by atoms with Gasteiger partial charge in [0.25, 0.3) is 0 Å². The van der Waals surface area contributed by atoms with Crippen molar-refractivity contribution < 1.29 is 24.9 Å². The van der Waals surface area contributed by atoms with Crippen LogP contribution in [0, 0.1) is 0 Å². The van der Waals surface area contributed by atoms with Crippen molar-refractivity contribution in [1.29, 1.82) is 0 Å². The molecule has 1 atom stereocenters. The molecule has 5 nitrogen and oxygen atoms in total. The molecule has 0 aliphatic rings. The number of hydrogen-bond acceptors (Lipinski definition) is 5. The molecule has 15 heavy (non-hydrogen) atoms. The van der Waals surface area contributed by atoms with E-state index < -0.39 is 18.7 Å². The van der Waals surface area contributed by atoms with Gasteiger partial charge in [-0.25, -0.2) is 4.79 Å². The second kappa shape index (κ2) is 5.33. The summed E-state index contributed by atoms with van der Waals surface area (Å²) in [5.41, 5.74) is 0.686. The molecule has 5 heteroatoms. The van der Waals surface area contributed by atoms with Crippen LogP contribution in [-0.2, 0) is 16.1 Å². The van der Waals surface area contributed by atoms with Gasteiger partial charge < -0.3 is 20.1 Å². The average molecular weight is 212 g/mol. The van der Waals surface area contributed by atoms with Crippen LogP contribution in [0.15, 0.2) is 24.3 Å². The van der Waals surface area contributed by atoms with Gasteiger partial charge in [-0.05, 0) is 17.7 Å². The van der Waals surface area contributed by atoms with E-state index in [-0.39, 0.29) is 12.4 Å². The summed E-state index contributed by atoms with van der Waals surface area (Å²) < 4.78 is 4.69. The Morgan fingerprint density at radius 3 is 2.47 bits per heavy atom. The molecule has 1 aromatic rings. The van der Waals surface area contributed by atoms with Crippen LogP contribution < -0.4 is 0 Å². The Labute approximate surface area is 86.5 Å². The topological polar surface area (TPSA) is 87.0 Å². The van der Waals surface area contributed by atoms with Crippen molar-refractivity contribution in [1.82, 2.24) is 0 Å². The molecule has 1 aromatic carbocycles.